The topological polar surface area (TPSA) is 75.4 Å². The Morgan fingerprint density at radius 1 is 1.19 bits per heavy atom. The Balaban J connectivity index is 1.92. The molecular weight excluding hydrogens is 349 g/mol. The van der Waals surface area contributed by atoms with Crippen LogP contribution in [-0.4, -0.2) is 44.3 Å². The number of rotatable bonds is 4. The molecule has 0 bridgehead atoms. The highest BCUT2D eigenvalue weighted by atomic mass is 19.1. The average molecular weight is 373 g/mol. The van der Waals surface area contributed by atoms with Gasteiger partial charge in [0.2, 0.25) is 0 Å². The minimum absolute atomic E-state index is 0.131. The van der Waals surface area contributed by atoms with Gasteiger partial charge in [-0.2, -0.15) is 5.10 Å². The number of halogens is 1. The molecule has 7 heteroatoms. The van der Waals surface area contributed by atoms with Crippen molar-refractivity contribution in [2.24, 2.45) is 0 Å². The van der Waals surface area contributed by atoms with Gasteiger partial charge in [0.05, 0.1) is 5.69 Å². The Morgan fingerprint density at radius 3 is 2.37 bits per heavy atom. The van der Waals surface area contributed by atoms with Crippen LogP contribution in [0.2, 0.25) is 0 Å². The second-order valence-corrected chi connectivity index (χ2v) is 7.27. The normalized spacial score (nSPS) is 16.1. The third kappa shape index (κ3) is 3.34. The van der Waals surface area contributed by atoms with Crippen molar-refractivity contribution in [3.05, 3.63) is 47.0 Å². The third-order valence-electron chi connectivity index (χ3n) is 5.46. The number of aromatic nitrogens is 2. The van der Waals surface area contributed by atoms with Gasteiger partial charge in [-0.3, -0.25) is 4.79 Å². The summed E-state index contributed by atoms with van der Waals surface area (Å²) in [7, 11) is 1.49. The van der Waals surface area contributed by atoms with Gasteiger partial charge in [0.25, 0.3) is 5.91 Å². The molecule has 6 nitrogen and oxygen atoms in total. The first-order valence-electron chi connectivity index (χ1n) is 9.11. The number of aryl methyl sites for hydroxylation is 2. The molecule has 0 unspecified atom stereocenters. The van der Waals surface area contributed by atoms with Crippen LogP contribution in [0, 0.1) is 19.7 Å². The van der Waals surface area contributed by atoms with Crippen LogP contribution in [0.15, 0.2) is 24.3 Å². The highest BCUT2D eigenvalue weighted by Crippen LogP contribution is 2.34. The molecule has 0 aliphatic heterocycles. The largest absolute Gasteiger partial charge is 0.479 e. The number of hydrogen-bond acceptors (Lipinski definition) is 3. The fourth-order valence-electron chi connectivity index (χ4n) is 3.90. The van der Waals surface area contributed by atoms with E-state index in [-0.39, 0.29) is 11.3 Å². The molecule has 0 radical (unpaired) electrons. The van der Waals surface area contributed by atoms with E-state index in [1.54, 1.807) is 0 Å². The van der Waals surface area contributed by atoms with E-state index >= 15 is 0 Å². The first-order chi connectivity index (χ1) is 12.8. The number of hydrogen-bond donors (Lipinski definition) is 1. The second kappa shape index (κ2) is 7.13. The molecular formula is C20H24FN3O3. The summed E-state index contributed by atoms with van der Waals surface area (Å²) in [5.41, 5.74) is 0.721. The van der Waals surface area contributed by atoms with Crippen LogP contribution >= 0.6 is 0 Å². The van der Waals surface area contributed by atoms with Gasteiger partial charge in [0.1, 0.15) is 17.0 Å². The Morgan fingerprint density at radius 2 is 1.85 bits per heavy atom. The quantitative estimate of drug-likeness (QED) is 0.890. The predicted molar refractivity (Wildman–Crippen MR) is 98.5 cm³/mol. The summed E-state index contributed by atoms with van der Waals surface area (Å²) < 4.78 is 16.2. The zero-order chi connectivity index (χ0) is 19.8. The summed E-state index contributed by atoms with van der Waals surface area (Å²) >= 11 is 0. The van der Waals surface area contributed by atoms with Crippen LogP contribution in [0.4, 0.5) is 4.39 Å². The first-order valence-corrected chi connectivity index (χ1v) is 9.11. The maximum Gasteiger partial charge on any atom is 0.329 e. The van der Waals surface area contributed by atoms with Gasteiger partial charge in [0.15, 0.2) is 0 Å². The van der Waals surface area contributed by atoms with Crippen LogP contribution in [-0.2, 0) is 4.79 Å². The number of likely N-dealkylation sites (N-methyl/N-ethyl adjacent to an activating group) is 1. The van der Waals surface area contributed by atoms with Crippen molar-refractivity contribution in [2.45, 2.75) is 51.5 Å². The summed E-state index contributed by atoms with van der Waals surface area (Å²) in [6, 6.07) is 6.02. The fraction of sp³-hybridized carbons (Fsp3) is 0.450. The number of carbonyl (C=O) groups excluding carboxylic acids is 1. The number of aliphatic carboxylic acids is 1. The molecule has 1 amide bonds. The molecule has 3 rings (SSSR count). The lowest BCUT2D eigenvalue weighted by molar-refractivity contribution is -0.151. The zero-order valence-electron chi connectivity index (χ0n) is 15.8. The van der Waals surface area contributed by atoms with Crippen molar-refractivity contribution in [3.8, 4) is 5.69 Å². The molecule has 0 spiro atoms. The molecule has 0 saturated heterocycles. The Labute approximate surface area is 157 Å². The van der Waals surface area contributed by atoms with E-state index in [2.05, 4.69) is 5.10 Å². The first kappa shape index (κ1) is 19.1. The highest BCUT2D eigenvalue weighted by Gasteiger charge is 2.45. The van der Waals surface area contributed by atoms with E-state index in [4.69, 9.17) is 0 Å². The molecule has 1 aromatic carbocycles. The van der Waals surface area contributed by atoms with Gasteiger partial charge < -0.3 is 10.0 Å². The average Bonchev–Trinajstić information content (AvgIpc) is 2.98. The van der Waals surface area contributed by atoms with Gasteiger partial charge >= 0.3 is 5.97 Å². The number of nitrogens with zero attached hydrogens (tertiary/aromatic N) is 3. The van der Waals surface area contributed by atoms with Crippen molar-refractivity contribution in [1.82, 2.24) is 14.7 Å². The minimum Gasteiger partial charge on any atom is -0.479 e. The summed E-state index contributed by atoms with van der Waals surface area (Å²) in [6.07, 6.45) is 3.31. The number of amides is 1. The predicted octanol–water partition coefficient (Wildman–Crippen LogP) is 3.49. The van der Waals surface area contributed by atoms with E-state index in [0.29, 0.717) is 12.8 Å². The maximum absolute atomic E-state index is 14.7. The van der Waals surface area contributed by atoms with Gasteiger partial charge in [-0.05, 0) is 51.0 Å². The van der Waals surface area contributed by atoms with Crippen molar-refractivity contribution in [3.63, 3.8) is 0 Å². The lowest BCUT2D eigenvalue weighted by atomic mass is 9.80. The molecule has 1 fully saturated rings. The molecule has 0 atom stereocenters. The molecule has 1 aliphatic carbocycles. The molecule has 1 heterocycles. The molecule has 2 aromatic rings. The molecule has 1 N–H and O–H groups in total. The third-order valence-corrected chi connectivity index (χ3v) is 5.46. The van der Waals surface area contributed by atoms with E-state index in [0.717, 1.165) is 36.7 Å². The fourth-order valence-corrected chi connectivity index (χ4v) is 3.90. The van der Waals surface area contributed by atoms with Gasteiger partial charge in [-0.1, -0.05) is 19.3 Å². The Bertz CT molecular complexity index is 885. The van der Waals surface area contributed by atoms with Gasteiger partial charge in [-0.15, -0.1) is 0 Å². The van der Waals surface area contributed by atoms with Crippen LogP contribution in [0.3, 0.4) is 0 Å². The molecule has 1 aliphatic rings. The Hall–Kier alpha value is -2.70. The van der Waals surface area contributed by atoms with Crippen molar-refractivity contribution >= 4 is 11.9 Å². The number of carbonyl (C=O) groups is 2. The number of benzene rings is 1. The van der Waals surface area contributed by atoms with E-state index in [9.17, 15) is 19.1 Å². The summed E-state index contributed by atoms with van der Waals surface area (Å²) in [4.78, 5) is 26.1. The summed E-state index contributed by atoms with van der Waals surface area (Å²) in [5, 5.41) is 14.0. The van der Waals surface area contributed by atoms with Crippen molar-refractivity contribution < 1.29 is 19.1 Å². The van der Waals surface area contributed by atoms with E-state index in [1.165, 1.54) is 28.8 Å². The Kier molecular flexibility index (Phi) is 5.04. The molecule has 144 valence electrons. The highest BCUT2D eigenvalue weighted by molar-refractivity contribution is 5.98. The number of carboxylic acids is 1. The molecule has 27 heavy (non-hydrogen) atoms. The second-order valence-electron chi connectivity index (χ2n) is 7.27. The SMILES string of the molecule is Cc1cc(C)n(-c2ccc(C(=O)N(C)C3(C(=O)O)CCCCC3)cc2F)n1. The number of carboxylic acid groups (broad SMARTS) is 1. The lowest BCUT2D eigenvalue weighted by Crippen LogP contribution is -2.56. The molecule has 1 aromatic heterocycles. The van der Waals surface area contributed by atoms with Crippen LogP contribution in [0.1, 0.15) is 53.8 Å². The van der Waals surface area contributed by atoms with Gasteiger partial charge in [0, 0.05) is 18.3 Å². The smallest absolute Gasteiger partial charge is 0.329 e. The monoisotopic (exact) mass is 373 g/mol. The van der Waals surface area contributed by atoms with E-state index in [1.807, 2.05) is 19.9 Å². The van der Waals surface area contributed by atoms with E-state index < -0.39 is 23.2 Å². The van der Waals surface area contributed by atoms with Gasteiger partial charge in [-0.25, -0.2) is 13.9 Å². The minimum atomic E-state index is -1.22. The van der Waals surface area contributed by atoms with Crippen LogP contribution < -0.4 is 0 Å². The maximum atomic E-state index is 14.7. The molecule has 1 saturated carbocycles. The lowest BCUT2D eigenvalue weighted by Gasteiger charge is -2.41. The van der Waals surface area contributed by atoms with Crippen LogP contribution in [0.5, 0.6) is 0 Å². The standard InChI is InChI=1S/C20H24FN3O3/c1-13-11-14(2)24(22-13)17-8-7-15(12-16(17)21)18(25)23(3)20(19(26)27)9-5-4-6-10-20/h7-8,11-12H,4-6,9-10H2,1-3H3,(H,26,27). The zero-order valence-corrected chi connectivity index (χ0v) is 15.8. The van der Waals surface area contributed by atoms with Crippen LogP contribution in [0.25, 0.3) is 5.69 Å². The van der Waals surface area contributed by atoms with Crippen molar-refractivity contribution in [1.29, 1.82) is 0 Å². The van der Waals surface area contributed by atoms with Crippen molar-refractivity contribution in [2.75, 3.05) is 7.05 Å². The summed E-state index contributed by atoms with van der Waals surface area (Å²) in [6.45, 7) is 3.65. The summed E-state index contributed by atoms with van der Waals surface area (Å²) in [5.74, 6) is -2.07.